The number of amides is 2. The zero-order valence-electron chi connectivity index (χ0n) is 14.3. The van der Waals surface area contributed by atoms with Gasteiger partial charge in [-0.15, -0.1) is 11.3 Å². The van der Waals surface area contributed by atoms with Gasteiger partial charge in [0.25, 0.3) is 0 Å². The number of anilines is 1. The molecule has 22 heavy (non-hydrogen) atoms. The summed E-state index contributed by atoms with van der Waals surface area (Å²) in [4.78, 5) is 18.2. The lowest BCUT2D eigenvalue weighted by atomic mass is 9.81. The highest BCUT2D eigenvalue weighted by Crippen LogP contribution is 2.25. The zero-order valence-corrected chi connectivity index (χ0v) is 15.1. The van der Waals surface area contributed by atoms with E-state index in [-0.39, 0.29) is 17.4 Å². The average molecular weight is 328 g/mol. The molecule has 0 saturated heterocycles. The summed E-state index contributed by atoms with van der Waals surface area (Å²) >= 11 is 1.54. The first-order chi connectivity index (χ1) is 10.1. The number of urea groups is 1. The van der Waals surface area contributed by atoms with Crippen LogP contribution >= 0.6 is 11.3 Å². The van der Waals surface area contributed by atoms with Crippen LogP contribution in [0.25, 0.3) is 0 Å². The largest absolute Gasteiger partial charge is 0.392 e. The van der Waals surface area contributed by atoms with Gasteiger partial charge in [0.2, 0.25) is 0 Å². The van der Waals surface area contributed by atoms with Crippen LogP contribution in [0.3, 0.4) is 0 Å². The Morgan fingerprint density at radius 3 is 2.55 bits per heavy atom. The summed E-state index contributed by atoms with van der Waals surface area (Å²) in [5.74, 6) is 0.152. The number of rotatable bonds is 7. The Hall–Kier alpha value is -1.34. The number of aliphatic hydroxyl groups is 1. The summed E-state index contributed by atoms with van der Waals surface area (Å²) in [6.07, 6.45) is -0.464. The topological polar surface area (TPSA) is 77.5 Å². The highest BCUT2D eigenvalue weighted by atomic mass is 32.1. The van der Waals surface area contributed by atoms with Gasteiger partial charge in [-0.05, 0) is 5.92 Å². The van der Waals surface area contributed by atoms with Crippen molar-refractivity contribution in [3.8, 4) is 0 Å². The molecule has 0 spiro atoms. The number of thiazole rings is 1. The Labute approximate surface area is 136 Å². The van der Waals surface area contributed by atoms with Gasteiger partial charge in [-0.1, -0.05) is 27.7 Å². The molecule has 1 rings (SSSR count). The van der Waals surface area contributed by atoms with Crippen molar-refractivity contribution in [1.29, 1.82) is 0 Å². The SMILES string of the molecule is CC(C)C(O)C(C)(C)CNC(=O)NCc1csc(N(C)C)n1. The summed E-state index contributed by atoms with van der Waals surface area (Å²) < 4.78 is 0. The van der Waals surface area contributed by atoms with E-state index in [2.05, 4.69) is 15.6 Å². The molecule has 0 bridgehead atoms. The fourth-order valence-corrected chi connectivity index (χ4v) is 2.89. The van der Waals surface area contributed by atoms with E-state index in [4.69, 9.17) is 0 Å². The molecule has 0 aliphatic heterocycles. The predicted octanol–water partition coefficient (Wildman–Crippen LogP) is 2.05. The fraction of sp³-hybridized carbons (Fsp3) is 0.733. The first-order valence-corrected chi connectivity index (χ1v) is 8.33. The van der Waals surface area contributed by atoms with Crippen molar-refractivity contribution in [3.63, 3.8) is 0 Å². The third-order valence-corrected chi connectivity index (χ3v) is 4.55. The number of carbonyl (C=O) groups excluding carboxylic acids is 1. The smallest absolute Gasteiger partial charge is 0.315 e. The molecule has 0 saturated carbocycles. The second-order valence-electron chi connectivity index (χ2n) is 6.73. The maximum Gasteiger partial charge on any atom is 0.315 e. The molecule has 0 radical (unpaired) electrons. The van der Waals surface area contributed by atoms with Gasteiger partial charge < -0.3 is 20.6 Å². The minimum absolute atomic E-state index is 0.152. The van der Waals surface area contributed by atoms with Gasteiger partial charge in [-0.2, -0.15) is 0 Å². The van der Waals surface area contributed by atoms with Gasteiger partial charge in [0, 0.05) is 31.4 Å². The molecular formula is C15H28N4O2S. The van der Waals surface area contributed by atoms with Gasteiger partial charge in [-0.25, -0.2) is 9.78 Å². The second kappa shape index (κ2) is 7.78. The van der Waals surface area contributed by atoms with Crippen LogP contribution in [0.2, 0.25) is 0 Å². The average Bonchev–Trinajstić information content (AvgIpc) is 2.91. The Morgan fingerprint density at radius 2 is 2.05 bits per heavy atom. The van der Waals surface area contributed by atoms with E-state index >= 15 is 0 Å². The summed E-state index contributed by atoms with van der Waals surface area (Å²) in [6, 6.07) is -0.247. The zero-order chi connectivity index (χ0) is 16.9. The molecular weight excluding hydrogens is 300 g/mol. The quantitative estimate of drug-likeness (QED) is 0.716. The van der Waals surface area contributed by atoms with Crippen molar-refractivity contribution in [1.82, 2.24) is 15.6 Å². The number of nitrogens with one attached hydrogen (secondary N) is 2. The van der Waals surface area contributed by atoms with Crippen LogP contribution in [-0.2, 0) is 6.54 Å². The number of carbonyl (C=O) groups is 1. The molecule has 6 nitrogen and oxygen atoms in total. The molecule has 3 N–H and O–H groups in total. The predicted molar refractivity (Wildman–Crippen MR) is 91.3 cm³/mol. The van der Waals surface area contributed by atoms with Crippen LogP contribution in [0, 0.1) is 11.3 Å². The van der Waals surface area contributed by atoms with Crippen molar-refractivity contribution >= 4 is 22.5 Å². The molecule has 0 aliphatic carbocycles. The van der Waals surface area contributed by atoms with Crippen LogP contribution in [0.1, 0.15) is 33.4 Å². The molecule has 0 aliphatic rings. The summed E-state index contributed by atoms with van der Waals surface area (Å²) in [6.45, 7) is 8.64. The maximum atomic E-state index is 11.9. The van der Waals surface area contributed by atoms with Crippen molar-refractivity contribution in [2.24, 2.45) is 11.3 Å². The normalized spacial score (nSPS) is 13.1. The Kier molecular flexibility index (Phi) is 6.62. The van der Waals surface area contributed by atoms with Gasteiger partial charge in [-0.3, -0.25) is 0 Å². The van der Waals surface area contributed by atoms with Crippen molar-refractivity contribution in [2.45, 2.75) is 40.3 Å². The third-order valence-electron chi connectivity index (χ3n) is 3.49. The molecule has 1 unspecified atom stereocenters. The monoisotopic (exact) mass is 328 g/mol. The third kappa shape index (κ3) is 5.46. The van der Waals surface area contributed by atoms with Crippen molar-refractivity contribution in [2.75, 3.05) is 25.5 Å². The van der Waals surface area contributed by atoms with Crippen LogP contribution < -0.4 is 15.5 Å². The highest BCUT2D eigenvalue weighted by molar-refractivity contribution is 7.13. The van der Waals surface area contributed by atoms with E-state index in [0.717, 1.165) is 10.8 Å². The second-order valence-corrected chi connectivity index (χ2v) is 7.57. The number of aromatic nitrogens is 1. The van der Waals surface area contributed by atoms with Gasteiger partial charge in [0.1, 0.15) is 0 Å². The minimum atomic E-state index is -0.464. The molecule has 126 valence electrons. The van der Waals surface area contributed by atoms with E-state index in [9.17, 15) is 9.90 Å². The molecule has 0 aromatic carbocycles. The van der Waals surface area contributed by atoms with Gasteiger partial charge in [0.05, 0.1) is 18.3 Å². The van der Waals surface area contributed by atoms with Crippen LogP contribution in [0.15, 0.2) is 5.38 Å². The number of aliphatic hydroxyl groups excluding tert-OH is 1. The van der Waals surface area contributed by atoms with Crippen molar-refractivity contribution < 1.29 is 9.90 Å². The first-order valence-electron chi connectivity index (χ1n) is 7.45. The molecule has 0 fully saturated rings. The van der Waals surface area contributed by atoms with Gasteiger partial charge >= 0.3 is 6.03 Å². The number of hydrogen-bond acceptors (Lipinski definition) is 5. The summed E-state index contributed by atoms with van der Waals surface area (Å²) in [5.41, 5.74) is 0.467. The number of hydrogen-bond donors (Lipinski definition) is 3. The maximum absolute atomic E-state index is 11.9. The van der Waals surface area contributed by atoms with Crippen LogP contribution in [0.5, 0.6) is 0 Å². The fourth-order valence-electron chi connectivity index (χ4n) is 2.13. The Morgan fingerprint density at radius 1 is 1.41 bits per heavy atom. The molecule has 1 atom stereocenters. The van der Waals surface area contributed by atoms with E-state index in [1.54, 1.807) is 11.3 Å². The molecule has 1 aromatic rings. The van der Waals surface area contributed by atoms with E-state index in [0.29, 0.717) is 13.1 Å². The molecule has 1 heterocycles. The van der Waals surface area contributed by atoms with Crippen molar-refractivity contribution in [3.05, 3.63) is 11.1 Å². The Balaban J connectivity index is 2.40. The first kappa shape index (κ1) is 18.7. The number of nitrogens with zero attached hydrogens (tertiary/aromatic N) is 2. The lowest BCUT2D eigenvalue weighted by Crippen LogP contribution is -2.46. The molecule has 7 heteroatoms. The lowest BCUT2D eigenvalue weighted by molar-refractivity contribution is 0.0151. The van der Waals surface area contributed by atoms with E-state index in [1.807, 2.05) is 52.1 Å². The van der Waals surface area contributed by atoms with Crippen LogP contribution in [-0.4, -0.2) is 42.9 Å². The Bertz CT molecular complexity index is 486. The molecule has 1 aromatic heterocycles. The highest BCUT2D eigenvalue weighted by Gasteiger charge is 2.30. The van der Waals surface area contributed by atoms with E-state index < -0.39 is 6.10 Å². The summed E-state index contributed by atoms with van der Waals surface area (Å²) in [5, 5.41) is 18.6. The standard InChI is InChI=1S/C15H28N4O2S/c1-10(2)12(20)15(3,4)9-17-13(21)16-7-11-8-22-14(18-11)19(5)6/h8,10,12,20H,7,9H2,1-6H3,(H2,16,17,21). The van der Waals surface area contributed by atoms with Crippen LogP contribution in [0.4, 0.5) is 9.93 Å². The lowest BCUT2D eigenvalue weighted by Gasteiger charge is -2.33. The molecule has 2 amide bonds. The van der Waals surface area contributed by atoms with Gasteiger partial charge in [0.15, 0.2) is 5.13 Å². The van der Waals surface area contributed by atoms with E-state index in [1.165, 1.54) is 0 Å². The summed E-state index contributed by atoms with van der Waals surface area (Å²) in [7, 11) is 3.87. The minimum Gasteiger partial charge on any atom is -0.392 e.